The van der Waals surface area contributed by atoms with E-state index < -0.39 is 17.8 Å². The van der Waals surface area contributed by atoms with Crippen molar-refractivity contribution in [2.24, 2.45) is 0 Å². The Bertz CT molecular complexity index is 1170. The second-order valence-corrected chi connectivity index (χ2v) is 7.87. The maximum Gasteiger partial charge on any atom is 0.290 e. The van der Waals surface area contributed by atoms with Gasteiger partial charge in [-0.1, -0.05) is 29.8 Å². The molecule has 0 fully saturated rings. The van der Waals surface area contributed by atoms with E-state index in [0.29, 0.717) is 30.5 Å². The van der Waals surface area contributed by atoms with Crippen LogP contribution in [0.15, 0.2) is 51.7 Å². The summed E-state index contributed by atoms with van der Waals surface area (Å²) in [6, 6.07) is 10.7. The summed E-state index contributed by atoms with van der Waals surface area (Å²) in [5.41, 5.74) is 1.46. The number of carbonyl (C=O) groups is 1. The molecule has 2 aromatic carbocycles. The molecule has 2 heterocycles. The molecule has 5 nitrogen and oxygen atoms in total. The highest BCUT2D eigenvalue weighted by atomic mass is 19.1. The zero-order valence-corrected chi connectivity index (χ0v) is 17.3. The Morgan fingerprint density at radius 2 is 1.93 bits per heavy atom. The Kier molecular flexibility index (Phi) is 5.43. The summed E-state index contributed by atoms with van der Waals surface area (Å²) in [7, 11) is 0. The van der Waals surface area contributed by atoms with Crippen molar-refractivity contribution >= 4 is 16.9 Å². The highest BCUT2D eigenvalue weighted by Gasteiger charge is 2.43. The number of carbonyl (C=O) groups excluding carboxylic acids is 1. The number of amides is 1. The SMILES string of the molecule is Cc1ccc2oc3c(c(=O)c2c1)C(c1ccccc1F)N(CCCOC(C)C)C3=O. The van der Waals surface area contributed by atoms with Gasteiger partial charge in [0, 0.05) is 18.7 Å². The van der Waals surface area contributed by atoms with Gasteiger partial charge in [0.1, 0.15) is 11.4 Å². The van der Waals surface area contributed by atoms with Gasteiger partial charge in [0.05, 0.1) is 23.1 Å². The van der Waals surface area contributed by atoms with Gasteiger partial charge in [-0.15, -0.1) is 0 Å². The van der Waals surface area contributed by atoms with Crippen molar-refractivity contribution in [2.45, 2.75) is 39.3 Å². The highest BCUT2D eigenvalue weighted by molar-refractivity contribution is 5.99. The van der Waals surface area contributed by atoms with E-state index in [0.717, 1.165) is 5.56 Å². The molecule has 0 saturated carbocycles. The Hall–Kier alpha value is -2.99. The van der Waals surface area contributed by atoms with Crippen LogP contribution in [0.1, 0.15) is 53.6 Å². The standard InChI is InChI=1S/C24H24FNO4/c1-14(2)29-12-6-11-26-21(16-7-4-5-8-18(16)25)20-22(27)17-13-15(3)9-10-19(17)30-23(20)24(26)28/h4-5,7-10,13-14,21H,6,11-12H2,1-3H3. The van der Waals surface area contributed by atoms with Gasteiger partial charge in [-0.05, 0) is 45.4 Å². The van der Waals surface area contributed by atoms with E-state index in [2.05, 4.69) is 0 Å². The van der Waals surface area contributed by atoms with Crippen molar-refractivity contribution in [3.8, 4) is 0 Å². The van der Waals surface area contributed by atoms with Crippen LogP contribution in [0.2, 0.25) is 0 Å². The minimum absolute atomic E-state index is 0.00520. The van der Waals surface area contributed by atoms with Crippen LogP contribution in [0, 0.1) is 12.7 Å². The first-order valence-electron chi connectivity index (χ1n) is 10.1. The molecule has 1 atom stereocenters. The number of hydrogen-bond donors (Lipinski definition) is 0. The van der Waals surface area contributed by atoms with Crippen molar-refractivity contribution in [1.29, 1.82) is 0 Å². The van der Waals surface area contributed by atoms with E-state index in [4.69, 9.17) is 9.15 Å². The van der Waals surface area contributed by atoms with E-state index in [-0.39, 0.29) is 28.4 Å². The van der Waals surface area contributed by atoms with E-state index in [1.807, 2.05) is 26.8 Å². The Morgan fingerprint density at radius 1 is 1.17 bits per heavy atom. The molecule has 4 rings (SSSR count). The van der Waals surface area contributed by atoms with E-state index in [1.54, 1.807) is 30.3 Å². The zero-order chi connectivity index (χ0) is 21.4. The van der Waals surface area contributed by atoms with Crippen LogP contribution in [-0.4, -0.2) is 30.1 Å². The number of hydrogen-bond acceptors (Lipinski definition) is 4. The predicted molar refractivity (Wildman–Crippen MR) is 112 cm³/mol. The minimum Gasteiger partial charge on any atom is -0.450 e. The molecule has 1 unspecified atom stereocenters. The molecule has 156 valence electrons. The maximum absolute atomic E-state index is 14.7. The van der Waals surface area contributed by atoms with Gasteiger partial charge in [0.25, 0.3) is 5.91 Å². The monoisotopic (exact) mass is 409 g/mol. The van der Waals surface area contributed by atoms with E-state index in [1.165, 1.54) is 11.0 Å². The average molecular weight is 409 g/mol. The molecule has 1 amide bonds. The van der Waals surface area contributed by atoms with Crippen molar-refractivity contribution in [3.63, 3.8) is 0 Å². The van der Waals surface area contributed by atoms with Crippen molar-refractivity contribution in [1.82, 2.24) is 4.90 Å². The second kappa shape index (κ2) is 8.03. The van der Waals surface area contributed by atoms with Crippen LogP contribution >= 0.6 is 0 Å². The Balaban J connectivity index is 1.84. The fourth-order valence-electron chi connectivity index (χ4n) is 3.94. The number of nitrogens with zero attached hydrogens (tertiary/aromatic N) is 1. The topological polar surface area (TPSA) is 59.8 Å². The van der Waals surface area contributed by atoms with Gasteiger partial charge >= 0.3 is 0 Å². The summed E-state index contributed by atoms with van der Waals surface area (Å²) in [6.07, 6.45) is 0.644. The second-order valence-electron chi connectivity index (χ2n) is 7.87. The molecule has 1 aliphatic rings. The molecule has 0 saturated heterocycles. The molecule has 0 spiro atoms. The lowest BCUT2D eigenvalue weighted by Crippen LogP contribution is -2.32. The number of aryl methyl sites for hydroxylation is 1. The van der Waals surface area contributed by atoms with Gasteiger partial charge < -0.3 is 14.1 Å². The van der Waals surface area contributed by atoms with Gasteiger partial charge in [-0.2, -0.15) is 0 Å². The number of benzene rings is 2. The third-order valence-corrected chi connectivity index (χ3v) is 5.32. The molecule has 0 N–H and O–H groups in total. The lowest BCUT2D eigenvalue weighted by atomic mass is 9.97. The van der Waals surface area contributed by atoms with Gasteiger partial charge in [0.15, 0.2) is 5.43 Å². The average Bonchev–Trinajstić information content (AvgIpc) is 2.98. The molecule has 1 aromatic heterocycles. The molecular formula is C24H24FNO4. The summed E-state index contributed by atoms with van der Waals surface area (Å²) in [4.78, 5) is 28.1. The van der Waals surface area contributed by atoms with Crippen LogP contribution in [0.25, 0.3) is 11.0 Å². The lowest BCUT2D eigenvalue weighted by molar-refractivity contribution is 0.0592. The summed E-state index contributed by atoms with van der Waals surface area (Å²) in [6.45, 7) is 6.55. The first kappa shape index (κ1) is 20.3. The smallest absolute Gasteiger partial charge is 0.290 e. The lowest BCUT2D eigenvalue weighted by Gasteiger charge is -2.25. The molecule has 6 heteroatoms. The van der Waals surface area contributed by atoms with Gasteiger partial charge in [-0.25, -0.2) is 4.39 Å². The fraction of sp³-hybridized carbons (Fsp3) is 0.333. The van der Waals surface area contributed by atoms with Crippen LogP contribution in [0.3, 0.4) is 0 Å². The minimum atomic E-state index is -0.825. The van der Waals surface area contributed by atoms with Gasteiger partial charge in [0.2, 0.25) is 5.76 Å². The van der Waals surface area contributed by atoms with Crippen LogP contribution < -0.4 is 5.43 Å². The van der Waals surface area contributed by atoms with Crippen LogP contribution in [0.5, 0.6) is 0 Å². The summed E-state index contributed by atoms with van der Waals surface area (Å²) in [5, 5.41) is 0.396. The van der Waals surface area contributed by atoms with Crippen molar-refractivity contribution in [2.75, 3.05) is 13.2 Å². The third kappa shape index (κ3) is 3.52. The molecule has 0 radical (unpaired) electrons. The normalized spacial score (nSPS) is 16.0. The number of rotatable bonds is 6. The third-order valence-electron chi connectivity index (χ3n) is 5.32. The zero-order valence-electron chi connectivity index (χ0n) is 17.3. The van der Waals surface area contributed by atoms with Crippen molar-refractivity contribution in [3.05, 3.63) is 81.0 Å². The fourth-order valence-corrected chi connectivity index (χ4v) is 3.94. The first-order valence-corrected chi connectivity index (χ1v) is 10.1. The van der Waals surface area contributed by atoms with Gasteiger partial charge in [-0.3, -0.25) is 9.59 Å². The number of ether oxygens (including phenoxy) is 1. The van der Waals surface area contributed by atoms with Crippen LogP contribution in [-0.2, 0) is 4.74 Å². The Labute approximate surface area is 174 Å². The molecule has 30 heavy (non-hydrogen) atoms. The predicted octanol–water partition coefficient (Wildman–Crippen LogP) is 4.60. The van der Waals surface area contributed by atoms with E-state index >= 15 is 0 Å². The van der Waals surface area contributed by atoms with Crippen molar-refractivity contribution < 1.29 is 18.3 Å². The number of halogens is 1. The summed E-state index contributed by atoms with van der Waals surface area (Å²) >= 11 is 0. The molecule has 0 aliphatic carbocycles. The van der Waals surface area contributed by atoms with E-state index in [9.17, 15) is 14.0 Å². The molecule has 1 aliphatic heterocycles. The largest absolute Gasteiger partial charge is 0.450 e. The quantitative estimate of drug-likeness (QED) is 0.558. The first-order chi connectivity index (χ1) is 14.4. The summed E-state index contributed by atoms with van der Waals surface area (Å²) < 4.78 is 26.2. The molecular weight excluding hydrogens is 385 g/mol. The van der Waals surface area contributed by atoms with Crippen LogP contribution in [0.4, 0.5) is 4.39 Å². The Morgan fingerprint density at radius 3 is 2.67 bits per heavy atom. The molecule has 3 aromatic rings. The summed E-state index contributed by atoms with van der Waals surface area (Å²) in [5.74, 6) is -0.868. The number of fused-ring (bicyclic) bond motifs is 2. The highest BCUT2D eigenvalue weighted by Crippen LogP contribution is 2.39. The maximum atomic E-state index is 14.7. The molecule has 0 bridgehead atoms.